The lowest BCUT2D eigenvalue weighted by molar-refractivity contribution is -0.126. The molecule has 3 rings (SSSR count). The molecule has 0 spiro atoms. The first-order chi connectivity index (χ1) is 13.1. The van der Waals surface area contributed by atoms with Gasteiger partial charge < -0.3 is 11.1 Å². The van der Waals surface area contributed by atoms with Gasteiger partial charge in [-0.05, 0) is 11.1 Å². The predicted octanol–water partition coefficient (Wildman–Crippen LogP) is 1.15. The van der Waals surface area contributed by atoms with Crippen LogP contribution in [-0.2, 0) is 16.1 Å². The molecular formula is C21H26N4O2. The van der Waals surface area contributed by atoms with Crippen molar-refractivity contribution in [1.29, 1.82) is 0 Å². The predicted molar refractivity (Wildman–Crippen MR) is 105 cm³/mol. The van der Waals surface area contributed by atoms with E-state index in [1.54, 1.807) is 0 Å². The van der Waals surface area contributed by atoms with E-state index >= 15 is 0 Å². The minimum Gasteiger partial charge on any atom is -0.368 e. The Bertz CT molecular complexity index is 743. The monoisotopic (exact) mass is 366 g/mol. The summed E-state index contributed by atoms with van der Waals surface area (Å²) in [6.07, 6.45) is 0. The molecule has 6 nitrogen and oxygen atoms in total. The molecule has 1 heterocycles. The summed E-state index contributed by atoms with van der Waals surface area (Å²) in [4.78, 5) is 28.4. The number of carbonyl (C=O) groups is 2. The Morgan fingerprint density at radius 2 is 1.52 bits per heavy atom. The smallest absolute Gasteiger partial charge is 0.239 e. The van der Waals surface area contributed by atoms with E-state index in [2.05, 4.69) is 15.1 Å². The Morgan fingerprint density at radius 1 is 0.926 bits per heavy atom. The minimum absolute atomic E-state index is 0.0156. The van der Waals surface area contributed by atoms with Crippen LogP contribution in [0.4, 0.5) is 0 Å². The van der Waals surface area contributed by atoms with Gasteiger partial charge in [0.2, 0.25) is 11.8 Å². The summed E-state index contributed by atoms with van der Waals surface area (Å²) in [7, 11) is 0. The summed E-state index contributed by atoms with van der Waals surface area (Å²) >= 11 is 0. The van der Waals surface area contributed by atoms with E-state index < -0.39 is 6.04 Å². The van der Waals surface area contributed by atoms with Crippen molar-refractivity contribution in [3.05, 3.63) is 71.8 Å². The third kappa shape index (κ3) is 5.39. The molecule has 1 saturated heterocycles. The first kappa shape index (κ1) is 19.1. The number of benzene rings is 2. The van der Waals surface area contributed by atoms with Crippen LogP contribution >= 0.6 is 0 Å². The van der Waals surface area contributed by atoms with E-state index in [0.717, 1.165) is 24.2 Å². The summed E-state index contributed by atoms with van der Waals surface area (Å²) in [6, 6.07) is 19.1. The second-order valence-corrected chi connectivity index (χ2v) is 6.79. The molecule has 1 fully saturated rings. The fourth-order valence-electron chi connectivity index (χ4n) is 3.43. The molecule has 2 aromatic carbocycles. The molecule has 3 N–H and O–H groups in total. The van der Waals surface area contributed by atoms with Crippen molar-refractivity contribution in [3.63, 3.8) is 0 Å². The Kier molecular flexibility index (Phi) is 6.57. The standard InChI is InChI=1S/C21H26N4O2/c22-21(27)20(18-9-5-2-6-10-18)25-13-11-24(12-14-25)16-19(26)23-15-17-7-3-1-4-8-17/h1-10,20H,11-16H2,(H2,22,27)(H,23,26). The molecule has 2 amide bonds. The second kappa shape index (κ2) is 9.30. The quantitative estimate of drug-likeness (QED) is 0.770. The molecule has 6 heteroatoms. The summed E-state index contributed by atoms with van der Waals surface area (Å²) in [6.45, 7) is 3.78. The summed E-state index contributed by atoms with van der Waals surface area (Å²) in [5, 5.41) is 2.96. The fourth-order valence-corrected chi connectivity index (χ4v) is 3.43. The SMILES string of the molecule is NC(=O)C(c1ccccc1)N1CCN(CC(=O)NCc2ccccc2)CC1. The molecule has 142 valence electrons. The van der Waals surface area contributed by atoms with E-state index in [9.17, 15) is 9.59 Å². The Balaban J connectivity index is 1.48. The number of rotatable bonds is 7. The number of hydrogen-bond acceptors (Lipinski definition) is 4. The van der Waals surface area contributed by atoms with Crippen LogP contribution in [-0.4, -0.2) is 54.3 Å². The molecule has 1 aliphatic rings. The van der Waals surface area contributed by atoms with Gasteiger partial charge in [0.25, 0.3) is 0 Å². The summed E-state index contributed by atoms with van der Waals surface area (Å²) in [5.41, 5.74) is 7.65. The van der Waals surface area contributed by atoms with Gasteiger partial charge in [0.15, 0.2) is 0 Å². The summed E-state index contributed by atoms with van der Waals surface area (Å²) < 4.78 is 0. The number of primary amides is 1. The zero-order valence-corrected chi connectivity index (χ0v) is 15.4. The van der Waals surface area contributed by atoms with E-state index in [4.69, 9.17) is 5.73 Å². The van der Waals surface area contributed by atoms with Crippen molar-refractivity contribution in [2.24, 2.45) is 5.73 Å². The lowest BCUT2D eigenvalue weighted by Crippen LogP contribution is -2.52. The van der Waals surface area contributed by atoms with Gasteiger partial charge in [0, 0.05) is 32.7 Å². The largest absolute Gasteiger partial charge is 0.368 e. The van der Waals surface area contributed by atoms with Crippen LogP contribution in [0.25, 0.3) is 0 Å². The van der Waals surface area contributed by atoms with Crippen molar-refractivity contribution < 1.29 is 9.59 Å². The van der Waals surface area contributed by atoms with E-state index in [0.29, 0.717) is 26.2 Å². The maximum absolute atomic E-state index is 12.2. The maximum atomic E-state index is 12.2. The number of carbonyl (C=O) groups excluding carboxylic acids is 2. The molecule has 0 bridgehead atoms. The first-order valence-electron chi connectivity index (χ1n) is 9.25. The van der Waals surface area contributed by atoms with Crippen molar-refractivity contribution in [2.45, 2.75) is 12.6 Å². The van der Waals surface area contributed by atoms with Crippen molar-refractivity contribution in [2.75, 3.05) is 32.7 Å². The molecule has 0 aliphatic carbocycles. The molecule has 1 atom stereocenters. The third-order valence-corrected chi connectivity index (χ3v) is 4.86. The van der Waals surface area contributed by atoms with E-state index in [1.165, 1.54) is 0 Å². The van der Waals surface area contributed by atoms with Crippen LogP contribution in [0.3, 0.4) is 0 Å². The summed E-state index contributed by atoms with van der Waals surface area (Å²) in [5.74, 6) is -0.322. The zero-order valence-electron chi connectivity index (χ0n) is 15.4. The van der Waals surface area contributed by atoms with Gasteiger partial charge in [-0.25, -0.2) is 0 Å². The van der Waals surface area contributed by atoms with Gasteiger partial charge in [0.05, 0.1) is 6.54 Å². The lowest BCUT2D eigenvalue weighted by atomic mass is 10.0. The highest BCUT2D eigenvalue weighted by molar-refractivity contribution is 5.81. The highest BCUT2D eigenvalue weighted by atomic mass is 16.2. The number of nitrogens with zero attached hydrogens (tertiary/aromatic N) is 2. The topological polar surface area (TPSA) is 78.7 Å². The Labute approximate surface area is 159 Å². The fraction of sp³-hybridized carbons (Fsp3) is 0.333. The van der Waals surface area contributed by atoms with Crippen LogP contribution in [0.5, 0.6) is 0 Å². The maximum Gasteiger partial charge on any atom is 0.239 e. The third-order valence-electron chi connectivity index (χ3n) is 4.86. The van der Waals surface area contributed by atoms with Gasteiger partial charge in [-0.2, -0.15) is 0 Å². The zero-order chi connectivity index (χ0) is 19.1. The Hall–Kier alpha value is -2.70. The highest BCUT2D eigenvalue weighted by Crippen LogP contribution is 2.21. The van der Waals surface area contributed by atoms with Gasteiger partial charge >= 0.3 is 0 Å². The molecule has 1 unspecified atom stereocenters. The van der Waals surface area contributed by atoms with Gasteiger partial charge in [-0.1, -0.05) is 60.7 Å². The minimum atomic E-state index is -0.416. The van der Waals surface area contributed by atoms with Crippen LogP contribution < -0.4 is 11.1 Å². The van der Waals surface area contributed by atoms with Crippen LogP contribution in [0, 0.1) is 0 Å². The molecule has 0 saturated carbocycles. The van der Waals surface area contributed by atoms with Crippen LogP contribution in [0.15, 0.2) is 60.7 Å². The number of amides is 2. The lowest BCUT2D eigenvalue weighted by Gasteiger charge is -2.38. The van der Waals surface area contributed by atoms with E-state index in [-0.39, 0.29) is 11.8 Å². The average Bonchev–Trinajstić information content (AvgIpc) is 2.69. The number of nitrogens with two attached hydrogens (primary N) is 1. The highest BCUT2D eigenvalue weighted by Gasteiger charge is 2.29. The number of hydrogen-bond donors (Lipinski definition) is 2. The molecule has 1 aliphatic heterocycles. The molecule has 2 aromatic rings. The average molecular weight is 366 g/mol. The van der Waals surface area contributed by atoms with Crippen molar-refractivity contribution in [3.8, 4) is 0 Å². The van der Waals surface area contributed by atoms with Crippen LogP contribution in [0.1, 0.15) is 17.2 Å². The first-order valence-corrected chi connectivity index (χ1v) is 9.25. The van der Waals surface area contributed by atoms with Crippen LogP contribution in [0.2, 0.25) is 0 Å². The van der Waals surface area contributed by atoms with Crippen molar-refractivity contribution >= 4 is 11.8 Å². The number of piperazine rings is 1. The number of nitrogens with one attached hydrogen (secondary N) is 1. The Morgan fingerprint density at radius 3 is 2.11 bits per heavy atom. The van der Waals surface area contributed by atoms with Gasteiger partial charge in [-0.15, -0.1) is 0 Å². The molecule has 0 aromatic heterocycles. The van der Waals surface area contributed by atoms with Crippen molar-refractivity contribution in [1.82, 2.24) is 15.1 Å². The molecular weight excluding hydrogens is 340 g/mol. The van der Waals surface area contributed by atoms with E-state index in [1.807, 2.05) is 60.7 Å². The normalized spacial score (nSPS) is 16.6. The second-order valence-electron chi connectivity index (χ2n) is 6.79. The molecule has 0 radical (unpaired) electrons. The van der Waals surface area contributed by atoms with Gasteiger partial charge in [0.1, 0.15) is 6.04 Å². The van der Waals surface area contributed by atoms with Gasteiger partial charge in [-0.3, -0.25) is 19.4 Å². The molecule has 27 heavy (non-hydrogen) atoms.